The molecule has 0 rings (SSSR count). The summed E-state index contributed by atoms with van der Waals surface area (Å²) in [5, 5.41) is 0. The molecule has 0 aliphatic rings. The van der Waals surface area contributed by atoms with Gasteiger partial charge in [-0.05, 0) is 0 Å². The number of ketones is 4. The molecule has 53 heavy (non-hydrogen) atoms. The summed E-state index contributed by atoms with van der Waals surface area (Å²) in [4.78, 5) is 44.7. The third-order valence-electron chi connectivity index (χ3n) is 4.43. The number of carbonyl (C=O) groups excluding carboxylic acids is 4. The van der Waals surface area contributed by atoms with Crippen molar-refractivity contribution in [3.05, 3.63) is 46.3 Å². The number of rotatable bonds is 16. The van der Waals surface area contributed by atoms with Crippen molar-refractivity contribution in [2.75, 3.05) is 0 Å². The molecule has 33 heteroatoms. The maximum atomic E-state index is 14.3. The topological polar surface area (TPSA) is 105 Å². The van der Waals surface area contributed by atoms with Crippen LogP contribution in [0.2, 0.25) is 0 Å². The average Bonchev–Trinajstić information content (AvgIpc) is 2.98. The van der Waals surface area contributed by atoms with E-state index < -0.39 is 143 Å². The molecule has 0 bridgehead atoms. The fourth-order valence-corrected chi connectivity index (χ4v) is 10.3. The van der Waals surface area contributed by atoms with E-state index in [9.17, 15) is 125 Å². The van der Waals surface area contributed by atoms with Crippen molar-refractivity contribution < 1.29 is 135 Å². The van der Waals surface area contributed by atoms with E-state index in [-0.39, 0.29) is 0 Å². The molecule has 0 aromatic carbocycles. The number of Topliss-reactive ketones (excluding diaryl/α,β-unsaturated/α-hetero) is 4. The Labute approximate surface area is 278 Å². The number of carbonyl (C=O) groups is 4. The Hall–Kier alpha value is -3.92. The minimum absolute atomic E-state index is 3.18. The first-order valence-corrected chi connectivity index (χ1v) is 17.7. The van der Waals surface area contributed by atoms with Gasteiger partial charge < -0.3 is 0 Å². The summed E-state index contributed by atoms with van der Waals surface area (Å²) in [6.45, 7) is 0. The Morgan fingerprint density at radius 3 is 0.566 bits per heavy atom. The Bertz CT molecular complexity index is 1320. The minimum atomic E-state index is -10.5. The van der Waals surface area contributed by atoms with E-state index in [1.807, 2.05) is 0 Å². The summed E-state index contributed by atoms with van der Waals surface area (Å²) >= 11 is -10.5. The van der Waals surface area contributed by atoms with Gasteiger partial charge in [0.1, 0.15) is 0 Å². The van der Waals surface area contributed by atoms with Gasteiger partial charge in [0, 0.05) is 0 Å². The predicted octanol–water partition coefficient (Wildman–Crippen LogP) is 7.80. The molecule has 0 radical (unpaired) electrons. The van der Waals surface area contributed by atoms with Gasteiger partial charge in [0.05, 0.1) is 0 Å². The molecule has 0 amide bonds. The predicted molar refractivity (Wildman–Crippen MR) is 111 cm³/mol. The van der Waals surface area contributed by atoms with Gasteiger partial charge in [0.2, 0.25) is 0 Å². The summed E-state index contributed by atoms with van der Waals surface area (Å²) in [6, 6.07) is 0. The Morgan fingerprint density at radius 1 is 0.340 bits per heavy atom. The normalized spacial score (nSPS) is 15.5. The van der Waals surface area contributed by atoms with Crippen LogP contribution in [0, 0.1) is 0 Å². The van der Waals surface area contributed by atoms with Crippen LogP contribution in [0.15, 0.2) is 46.3 Å². The van der Waals surface area contributed by atoms with Crippen LogP contribution >= 0.6 is 0 Å². The molecule has 0 aliphatic heterocycles. The van der Waals surface area contributed by atoms with Crippen LogP contribution in [0.1, 0.15) is 0 Å². The van der Waals surface area contributed by atoms with E-state index in [1.165, 1.54) is 0 Å². The average molecular weight is 1040 g/mol. The van der Waals surface area contributed by atoms with Crippen LogP contribution < -0.4 is 0 Å². The van der Waals surface area contributed by atoms with Gasteiger partial charge in [0.25, 0.3) is 0 Å². The van der Waals surface area contributed by atoms with E-state index in [2.05, 4.69) is 10.7 Å². The van der Waals surface area contributed by atoms with Crippen LogP contribution in [0.3, 0.4) is 0 Å². The third kappa shape index (κ3) is 13.2. The Morgan fingerprint density at radius 2 is 0.472 bits per heavy atom. The first-order valence-electron chi connectivity index (χ1n) is 11.4. The molecule has 304 valence electrons. The second kappa shape index (κ2) is 17.5. The molecule has 0 aromatic rings. The standard InChI is InChI=1S/4C5H2F6O2.Pb/c4*6-1(2(12)4(7)8)3(13)5(9,10)11;/h4*4,12H;/q;;;;+4/p-4/b4*2-1+;. The molecule has 8 nitrogen and oxygen atoms in total. The summed E-state index contributed by atoms with van der Waals surface area (Å²) < 4.78 is 332. The SMILES string of the molecule is O=C(/C(F)=C(\[O][Pb]([O]/C(=C(/F)C(=O)C(F)(F)F)C(F)F)([O]/C(=C(/F)C(=O)C(F)(F)F)C(F)F)[O]/C(=C(/F)C(=O)C(F)(F)F)C(F)F)C(F)F)C(F)(F)F. The number of alkyl halides is 20. The fraction of sp³-hybridized carbons (Fsp3) is 0.400. The number of hydrogen-bond acceptors (Lipinski definition) is 8. The van der Waals surface area contributed by atoms with Crippen molar-refractivity contribution in [3.63, 3.8) is 0 Å². The molecule has 0 saturated heterocycles. The molecular formula is C20H4F24O8Pb. The Balaban J connectivity index is 9.10. The van der Waals surface area contributed by atoms with Crippen LogP contribution in [0.25, 0.3) is 0 Å². The van der Waals surface area contributed by atoms with Crippen molar-refractivity contribution >= 4 is 46.1 Å². The molecule has 0 atom stereocenters. The monoisotopic (exact) mass is 1040 g/mol. The van der Waals surface area contributed by atoms with Gasteiger partial charge in [-0.15, -0.1) is 0 Å². The van der Waals surface area contributed by atoms with Gasteiger partial charge in [-0.3, -0.25) is 0 Å². The van der Waals surface area contributed by atoms with Crippen molar-refractivity contribution in [2.24, 2.45) is 0 Å². The number of halogens is 24. The van der Waals surface area contributed by atoms with Gasteiger partial charge in [0.15, 0.2) is 0 Å². The molecule has 0 N–H and O–H groups in total. The summed E-state index contributed by atoms with van der Waals surface area (Å²) in [5.74, 6) is -51.6. The molecule has 0 spiro atoms. The van der Waals surface area contributed by atoms with E-state index in [0.29, 0.717) is 0 Å². The summed E-state index contributed by atoms with van der Waals surface area (Å²) in [5.41, 5.74) is 0. The van der Waals surface area contributed by atoms with Crippen molar-refractivity contribution in [1.29, 1.82) is 0 Å². The molecule has 0 saturated carbocycles. The van der Waals surface area contributed by atoms with Crippen LogP contribution in [0.4, 0.5) is 105 Å². The van der Waals surface area contributed by atoms with E-state index in [0.717, 1.165) is 0 Å². The third-order valence-corrected chi connectivity index (χ3v) is 11.7. The van der Waals surface area contributed by atoms with Crippen molar-refractivity contribution in [1.82, 2.24) is 0 Å². The second-order valence-corrected chi connectivity index (χ2v) is 15.2. The Kier molecular flexibility index (Phi) is 16.2. The molecule has 0 unspecified atom stereocenters. The van der Waals surface area contributed by atoms with Crippen molar-refractivity contribution in [2.45, 2.75) is 50.4 Å². The molecule has 0 aromatic heterocycles. The zero-order chi connectivity index (χ0) is 42.6. The van der Waals surface area contributed by atoms with Crippen molar-refractivity contribution in [3.8, 4) is 0 Å². The first kappa shape index (κ1) is 49.1. The number of hydrogen-bond donors (Lipinski definition) is 0. The zero-order valence-corrected chi connectivity index (χ0v) is 27.0. The van der Waals surface area contributed by atoms with Gasteiger partial charge in [-0.2, -0.15) is 0 Å². The molecule has 0 fully saturated rings. The van der Waals surface area contributed by atoms with E-state index in [4.69, 9.17) is 0 Å². The summed E-state index contributed by atoms with van der Waals surface area (Å²) in [7, 11) is 0. The molecule has 0 aliphatic carbocycles. The quantitative estimate of drug-likeness (QED) is 0.0669. The van der Waals surface area contributed by atoms with Gasteiger partial charge >= 0.3 is 278 Å². The number of allylic oxidation sites excluding steroid dienone is 8. The van der Waals surface area contributed by atoms with Crippen LogP contribution in [-0.4, -0.2) is 96.5 Å². The van der Waals surface area contributed by atoms with E-state index in [1.54, 1.807) is 0 Å². The zero-order valence-electron chi connectivity index (χ0n) is 23.1. The fourth-order valence-electron chi connectivity index (χ4n) is 2.35. The van der Waals surface area contributed by atoms with Gasteiger partial charge in [-0.1, -0.05) is 0 Å². The maximum absolute atomic E-state index is 14.3. The molecular weight excluding hydrogens is 1030 g/mol. The van der Waals surface area contributed by atoms with Crippen LogP contribution in [0.5, 0.6) is 0 Å². The van der Waals surface area contributed by atoms with Gasteiger partial charge in [-0.25, -0.2) is 0 Å². The molecule has 0 heterocycles. The van der Waals surface area contributed by atoms with E-state index >= 15 is 0 Å². The summed E-state index contributed by atoms with van der Waals surface area (Å²) in [6.07, 6.45) is -49.8. The van der Waals surface area contributed by atoms with Crippen LogP contribution in [-0.2, 0) is 29.9 Å². The first-order chi connectivity index (χ1) is 23.4. The second-order valence-electron chi connectivity index (χ2n) is 8.13.